The number of carbonyl (C=O) groups is 1. The van der Waals surface area contributed by atoms with Gasteiger partial charge in [0, 0.05) is 6.26 Å². The molecule has 0 aliphatic heterocycles. The zero-order valence-electron chi connectivity index (χ0n) is 12.3. The lowest BCUT2D eigenvalue weighted by Gasteiger charge is -2.12. The van der Waals surface area contributed by atoms with Crippen molar-refractivity contribution in [3.8, 4) is 5.75 Å². The predicted molar refractivity (Wildman–Crippen MR) is 80.3 cm³/mol. The minimum atomic E-state index is -3.31. The topological polar surface area (TPSA) is 85.6 Å². The molecule has 0 radical (unpaired) electrons. The fourth-order valence-electron chi connectivity index (χ4n) is 1.84. The Morgan fingerprint density at radius 3 is 2.73 bits per heavy atom. The third-order valence-corrected chi connectivity index (χ3v) is 4.06. The van der Waals surface area contributed by atoms with Crippen LogP contribution in [0.15, 0.2) is 52.0 Å². The molecule has 118 valence electrons. The van der Waals surface area contributed by atoms with Gasteiger partial charge in [-0.15, -0.1) is 0 Å². The number of rotatable bonds is 6. The molecule has 0 saturated carbocycles. The van der Waals surface area contributed by atoms with E-state index >= 15 is 0 Å². The molecule has 0 aliphatic carbocycles. The van der Waals surface area contributed by atoms with Crippen LogP contribution in [-0.4, -0.2) is 27.2 Å². The number of hydrogen-bond acceptors (Lipinski definition) is 5. The second-order valence-electron chi connectivity index (χ2n) is 4.84. The van der Waals surface area contributed by atoms with Gasteiger partial charge in [-0.2, -0.15) is 0 Å². The van der Waals surface area contributed by atoms with Gasteiger partial charge >= 0.3 is 0 Å². The Labute approximate surface area is 129 Å². The Hall–Kier alpha value is -2.28. The van der Waals surface area contributed by atoms with Crippen LogP contribution in [-0.2, 0) is 14.6 Å². The zero-order valence-corrected chi connectivity index (χ0v) is 13.1. The Morgan fingerprint density at radius 2 is 2.09 bits per heavy atom. The Bertz CT molecular complexity index is 737. The second kappa shape index (κ2) is 6.65. The van der Waals surface area contributed by atoms with Crippen LogP contribution in [0.2, 0.25) is 0 Å². The molecule has 0 aliphatic rings. The van der Waals surface area contributed by atoms with Crippen LogP contribution in [0.4, 0.5) is 0 Å². The largest absolute Gasteiger partial charge is 0.484 e. The molecular weight excluding hydrogens is 306 g/mol. The number of benzene rings is 1. The highest BCUT2D eigenvalue weighted by Gasteiger charge is 2.13. The zero-order chi connectivity index (χ0) is 16.2. The van der Waals surface area contributed by atoms with E-state index in [4.69, 9.17) is 9.15 Å². The fraction of sp³-hybridized carbons (Fsp3) is 0.267. The molecular formula is C15H17NO5S. The molecule has 1 N–H and O–H groups in total. The van der Waals surface area contributed by atoms with Gasteiger partial charge in [-0.3, -0.25) is 4.79 Å². The van der Waals surface area contributed by atoms with E-state index in [2.05, 4.69) is 5.32 Å². The van der Waals surface area contributed by atoms with E-state index < -0.39 is 9.84 Å². The maximum atomic E-state index is 11.8. The van der Waals surface area contributed by atoms with Crippen molar-refractivity contribution in [1.29, 1.82) is 0 Å². The summed E-state index contributed by atoms with van der Waals surface area (Å²) in [5.74, 6) is 0.643. The van der Waals surface area contributed by atoms with Gasteiger partial charge in [0.2, 0.25) is 0 Å². The molecule has 1 amide bonds. The van der Waals surface area contributed by atoms with Crippen LogP contribution in [0.3, 0.4) is 0 Å². The number of sulfone groups is 1. The summed E-state index contributed by atoms with van der Waals surface area (Å²) in [7, 11) is -3.31. The van der Waals surface area contributed by atoms with Crippen molar-refractivity contribution in [2.24, 2.45) is 0 Å². The van der Waals surface area contributed by atoms with Crippen LogP contribution in [0.1, 0.15) is 18.7 Å². The molecule has 6 nitrogen and oxygen atoms in total. The normalized spacial score (nSPS) is 12.6. The van der Waals surface area contributed by atoms with E-state index in [0.717, 1.165) is 6.26 Å². The molecule has 1 aromatic carbocycles. The number of nitrogens with one attached hydrogen (secondary N) is 1. The van der Waals surface area contributed by atoms with Crippen molar-refractivity contribution in [3.05, 3.63) is 48.4 Å². The minimum absolute atomic E-state index is 0.148. The molecule has 1 atom stereocenters. The summed E-state index contributed by atoms with van der Waals surface area (Å²) >= 11 is 0. The molecule has 2 rings (SSSR count). The van der Waals surface area contributed by atoms with Crippen molar-refractivity contribution in [3.63, 3.8) is 0 Å². The molecule has 1 aromatic heterocycles. The van der Waals surface area contributed by atoms with Gasteiger partial charge in [-0.1, -0.05) is 6.07 Å². The maximum absolute atomic E-state index is 11.8. The highest BCUT2D eigenvalue weighted by Crippen LogP contribution is 2.17. The molecule has 2 aromatic rings. The predicted octanol–water partition coefficient (Wildman–Crippen LogP) is 1.94. The third-order valence-electron chi connectivity index (χ3n) is 2.95. The summed E-state index contributed by atoms with van der Waals surface area (Å²) in [5.41, 5.74) is 0. The SMILES string of the molecule is C[C@@H](NC(=O)COc1cccc(S(C)(=O)=O)c1)c1ccco1. The first-order chi connectivity index (χ1) is 10.4. The average molecular weight is 323 g/mol. The summed E-state index contributed by atoms with van der Waals surface area (Å²) in [4.78, 5) is 12.0. The van der Waals surface area contributed by atoms with E-state index in [0.29, 0.717) is 11.5 Å². The number of ether oxygens (including phenoxy) is 1. The van der Waals surface area contributed by atoms with Gasteiger partial charge in [0.1, 0.15) is 11.5 Å². The van der Waals surface area contributed by atoms with Gasteiger partial charge in [0.05, 0.1) is 17.2 Å². The number of hydrogen-bond donors (Lipinski definition) is 1. The van der Waals surface area contributed by atoms with E-state index in [1.807, 2.05) is 0 Å². The van der Waals surface area contributed by atoms with E-state index in [-0.39, 0.29) is 23.5 Å². The smallest absolute Gasteiger partial charge is 0.258 e. The van der Waals surface area contributed by atoms with Crippen molar-refractivity contribution in [1.82, 2.24) is 5.32 Å². The van der Waals surface area contributed by atoms with E-state index in [1.165, 1.54) is 18.4 Å². The first kappa shape index (κ1) is 16.1. The van der Waals surface area contributed by atoms with Crippen LogP contribution >= 0.6 is 0 Å². The van der Waals surface area contributed by atoms with Crippen molar-refractivity contribution in [2.45, 2.75) is 17.9 Å². The highest BCUT2D eigenvalue weighted by atomic mass is 32.2. The van der Waals surface area contributed by atoms with Gasteiger partial charge in [0.15, 0.2) is 16.4 Å². The monoisotopic (exact) mass is 323 g/mol. The van der Waals surface area contributed by atoms with Crippen molar-refractivity contribution >= 4 is 15.7 Å². The van der Waals surface area contributed by atoms with Crippen molar-refractivity contribution in [2.75, 3.05) is 12.9 Å². The lowest BCUT2D eigenvalue weighted by Crippen LogP contribution is -2.31. The molecule has 0 saturated heterocycles. The number of carbonyl (C=O) groups excluding carboxylic acids is 1. The van der Waals surface area contributed by atoms with Gasteiger partial charge in [-0.25, -0.2) is 8.42 Å². The third kappa shape index (κ3) is 4.36. The van der Waals surface area contributed by atoms with Gasteiger partial charge in [0.25, 0.3) is 5.91 Å². The molecule has 0 bridgehead atoms. The van der Waals surface area contributed by atoms with Crippen LogP contribution in [0.5, 0.6) is 5.75 Å². The minimum Gasteiger partial charge on any atom is -0.484 e. The molecule has 0 spiro atoms. The number of amides is 1. The standard InChI is InChI=1S/C15H17NO5S/c1-11(14-7-4-8-20-14)16-15(17)10-21-12-5-3-6-13(9-12)22(2,18)19/h3-9,11H,10H2,1-2H3,(H,16,17)/t11-/m1/s1. The summed E-state index contributed by atoms with van der Waals surface area (Å²) in [6.07, 6.45) is 2.65. The Kier molecular flexibility index (Phi) is 4.87. The first-order valence-corrected chi connectivity index (χ1v) is 8.51. The fourth-order valence-corrected chi connectivity index (χ4v) is 2.49. The summed E-state index contributed by atoms with van der Waals surface area (Å²) in [5, 5.41) is 2.72. The van der Waals surface area contributed by atoms with Gasteiger partial charge < -0.3 is 14.5 Å². The number of furan rings is 1. The molecule has 0 fully saturated rings. The van der Waals surface area contributed by atoms with Crippen LogP contribution in [0, 0.1) is 0 Å². The van der Waals surface area contributed by atoms with Crippen molar-refractivity contribution < 1.29 is 22.4 Å². The summed E-state index contributed by atoms with van der Waals surface area (Å²) in [6.45, 7) is 1.58. The first-order valence-electron chi connectivity index (χ1n) is 6.62. The molecule has 1 heterocycles. The quantitative estimate of drug-likeness (QED) is 0.878. The molecule has 0 unspecified atom stereocenters. The van der Waals surface area contributed by atoms with Crippen LogP contribution in [0.25, 0.3) is 0 Å². The second-order valence-corrected chi connectivity index (χ2v) is 6.86. The average Bonchev–Trinajstić information content (AvgIpc) is 2.99. The van der Waals surface area contributed by atoms with E-state index in [1.54, 1.807) is 31.2 Å². The Morgan fingerprint density at radius 1 is 1.32 bits per heavy atom. The van der Waals surface area contributed by atoms with Gasteiger partial charge in [-0.05, 0) is 37.3 Å². The summed E-state index contributed by atoms with van der Waals surface area (Å²) in [6, 6.07) is 9.26. The highest BCUT2D eigenvalue weighted by molar-refractivity contribution is 7.90. The maximum Gasteiger partial charge on any atom is 0.258 e. The Balaban J connectivity index is 1.91. The lowest BCUT2D eigenvalue weighted by atomic mass is 10.2. The molecule has 22 heavy (non-hydrogen) atoms. The molecule has 7 heteroatoms. The van der Waals surface area contributed by atoms with Crippen LogP contribution < -0.4 is 10.1 Å². The van der Waals surface area contributed by atoms with E-state index in [9.17, 15) is 13.2 Å². The lowest BCUT2D eigenvalue weighted by molar-refractivity contribution is -0.123. The summed E-state index contributed by atoms with van der Waals surface area (Å²) < 4.78 is 33.4.